The third-order valence-corrected chi connectivity index (χ3v) is 3.45. The van der Waals surface area contributed by atoms with Gasteiger partial charge in [-0.1, -0.05) is 6.07 Å². The maximum absolute atomic E-state index is 13.5. The lowest BCUT2D eigenvalue weighted by Crippen LogP contribution is -2.15. The highest BCUT2D eigenvalue weighted by atomic mass is 19.1. The number of anilines is 1. The molecule has 0 aliphatic carbocycles. The van der Waals surface area contributed by atoms with E-state index < -0.39 is 32.9 Å². The number of halogens is 1. The molecular formula is C15H12FN3O5. The molecule has 0 heterocycles. The Morgan fingerprint density at radius 3 is 2.29 bits per heavy atom. The molecule has 2 aromatic rings. The molecule has 8 nitrogen and oxygen atoms in total. The summed E-state index contributed by atoms with van der Waals surface area (Å²) in [6.07, 6.45) is 0. The number of non-ortho nitro benzene ring substituents is 1. The van der Waals surface area contributed by atoms with Crippen LogP contribution in [-0.2, 0) is 0 Å². The Labute approximate surface area is 135 Å². The van der Waals surface area contributed by atoms with E-state index in [-0.39, 0.29) is 16.8 Å². The summed E-state index contributed by atoms with van der Waals surface area (Å²) in [6, 6.07) is 5.74. The van der Waals surface area contributed by atoms with E-state index >= 15 is 0 Å². The van der Waals surface area contributed by atoms with Gasteiger partial charge in [0.05, 0.1) is 21.5 Å². The van der Waals surface area contributed by atoms with Crippen LogP contribution in [0.3, 0.4) is 0 Å². The molecule has 24 heavy (non-hydrogen) atoms. The maximum atomic E-state index is 13.5. The number of hydrogen-bond donors (Lipinski definition) is 1. The molecule has 124 valence electrons. The Kier molecular flexibility index (Phi) is 4.54. The predicted molar refractivity (Wildman–Crippen MR) is 83.6 cm³/mol. The van der Waals surface area contributed by atoms with Crippen LogP contribution in [0.1, 0.15) is 21.5 Å². The Morgan fingerprint density at radius 1 is 1.08 bits per heavy atom. The molecule has 1 N–H and O–H groups in total. The normalized spacial score (nSPS) is 10.3. The van der Waals surface area contributed by atoms with Crippen LogP contribution in [0.25, 0.3) is 0 Å². The molecular weight excluding hydrogens is 321 g/mol. The number of carbonyl (C=O) groups is 1. The van der Waals surface area contributed by atoms with Gasteiger partial charge in [0.2, 0.25) is 0 Å². The molecule has 0 fully saturated rings. The molecule has 0 unspecified atom stereocenters. The van der Waals surface area contributed by atoms with Crippen LogP contribution in [0.2, 0.25) is 0 Å². The van der Waals surface area contributed by atoms with Crippen LogP contribution in [0, 0.1) is 39.9 Å². The van der Waals surface area contributed by atoms with E-state index in [9.17, 15) is 29.4 Å². The van der Waals surface area contributed by atoms with Crippen molar-refractivity contribution in [1.29, 1.82) is 0 Å². The number of nitrogens with zero attached hydrogens (tertiary/aromatic N) is 2. The van der Waals surface area contributed by atoms with Gasteiger partial charge in [0.15, 0.2) is 0 Å². The predicted octanol–water partition coefficient (Wildman–Crippen LogP) is 3.51. The van der Waals surface area contributed by atoms with Gasteiger partial charge in [-0.05, 0) is 31.5 Å². The molecule has 0 bridgehead atoms. The summed E-state index contributed by atoms with van der Waals surface area (Å²) in [5, 5.41) is 24.3. The number of nitrogens with one attached hydrogen (secondary N) is 1. The minimum Gasteiger partial charge on any atom is -0.322 e. The second-order valence-electron chi connectivity index (χ2n) is 5.07. The molecule has 0 aromatic heterocycles. The standard InChI is InChI=1S/C15H12FN3O5/c1-8-3-4-10(5-13(8)16)17-15(20)12-6-11(18(21)22)7-14(9(12)2)19(23)24/h3-7H,1-2H3,(H,17,20). The fraction of sp³-hybridized carbons (Fsp3) is 0.133. The van der Waals surface area contributed by atoms with Gasteiger partial charge in [0.25, 0.3) is 17.3 Å². The monoisotopic (exact) mass is 333 g/mol. The number of nitro groups is 2. The zero-order valence-electron chi connectivity index (χ0n) is 12.7. The van der Waals surface area contributed by atoms with Crippen molar-refractivity contribution in [1.82, 2.24) is 0 Å². The van der Waals surface area contributed by atoms with Gasteiger partial charge < -0.3 is 5.32 Å². The summed E-state index contributed by atoms with van der Waals surface area (Å²) in [5.41, 5.74) is -0.837. The fourth-order valence-electron chi connectivity index (χ4n) is 2.08. The second-order valence-corrected chi connectivity index (χ2v) is 5.07. The van der Waals surface area contributed by atoms with Gasteiger partial charge in [-0.25, -0.2) is 4.39 Å². The van der Waals surface area contributed by atoms with Crippen LogP contribution in [0.5, 0.6) is 0 Å². The highest BCUT2D eigenvalue weighted by Crippen LogP contribution is 2.28. The van der Waals surface area contributed by atoms with Crippen molar-refractivity contribution in [3.8, 4) is 0 Å². The molecule has 0 saturated carbocycles. The first-order valence-electron chi connectivity index (χ1n) is 6.71. The van der Waals surface area contributed by atoms with Gasteiger partial charge in [0, 0.05) is 17.3 Å². The number of carbonyl (C=O) groups excluding carboxylic acids is 1. The highest BCUT2D eigenvalue weighted by Gasteiger charge is 2.24. The van der Waals surface area contributed by atoms with Crippen LogP contribution in [-0.4, -0.2) is 15.8 Å². The summed E-state index contributed by atoms with van der Waals surface area (Å²) in [6.45, 7) is 2.86. The summed E-state index contributed by atoms with van der Waals surface area (Å²) in [7, 11) is 0. The van der Waals surface area contributed by atoms with Gasteiger partial charge >= 0.3 is 0 Å². The summed E-state index contributed by atoms with van der Waals surface area (Å²) in [5.74, 6) is -1.34. The van der Waals surface area contributed by atoms with Crippen LogP contribution in [0.4, 0.5) is 21.5 Å². The average Bonchev–Trinajstić information content (AvgIpc) is 2.50. The summed E-state index contributed by atoms with van der Waals surface area (Å²) >= 11 is 0. The Morgan fingerprint density at radius 2 is 1.75 bits per heavy atom. The van der Waals surface area contributed by atoms with Gasteiger partial charge in [0.1, 0.15) is 5.82 Å². The quantitative estimate of drug-likeness (QED) is 0.679. The number of nitro benzene ring substituents is 2. The molecule has 0 saturated heterocycles. The molecule has 9 heteroatoms. The number of hydrogen-bond acceptors (Lipinski definition) is 5. The van der Waals surface area contributed by atoms with Crippen molar-refractivity contribution in [2.45, 2.75) is 13.8 Å². The molecule has 2 rings (SSSR count). The number of rotatable bonds is 4. The van der Waals surface area contributed by atoms with E-state index in [1.807, 2.05) is 0 Å². The molecule has 0 aliphatic rings. The minimum atomic E-state index is -0.825. The molecule has 0 spiro atoms. The van der Waals surface area contributed by atoms with Crippen molar-refractivity contribution in [3.05, 3.63) is 73.1 Å². The van der Waals surface area contributed by atoms with Gasteiger partial charge in [-0.2, -0.15) is 0 Å². The maximum Gasteiger partial charge on any atom is 0.279 e. The lowest BCUT2D eigenvalue weighted by Gasteiger charge is -2.09. The lowest BCUT2D eigenvalue weighted by molar-refractivity contribution is -0.394. The number of benzene rings is 2. The van der Waals surface area contributed by atoms with E-state index in [0.717, 1.165) is 18.2 Å². The van der Waals surface area contributed by atoms with Gasteiger partial charge in [-0.3, -0.25) is 25.0 Å². The molecule has 0 atom stereocenters. The first-order valence-corrected chi connectivity index (χ1v) is 6.71. The average molecular weight is 333 g/mol. The zero-order chi connectivity index (χ0) is 18.0. The summed E-state index contributed by atoms with van der Waals surface area (Å²) in [4.78, 5) is 32.6. The van der Waals surface area contributed by atoms with E-state index in [2.05, 4.69) is 5.32 Å². The third-order valence-electron chi connectivity index (χ3n) is 3.45. The van der Waals surface area contributed by atoms with Crippen molar-refractivity contribution >= 4 is 23.0 Å². The lowest BCUT2D eigenvalue weighted by atomic mass is 10.0. The fourth-order valence-corrected chi connectivity index (χ4v) is 2.08. The van der Waals surface area contributed by atoms with E-state index in [1.54, 1.807) is 6.92 Å². The minimum absolute atomic E-state index is 0.0179. The molecule has 0 aliphatic heterocycles. The second kappa shape index (κ2) is 6.41. The smallest absolute Gasteiger partial charge is 0.279 e. The van der Waals surface area contributed by atoms with E-state index in [0.29, 0.717) is 5.56 Å². The number of aryl methyl sites for hydroxylation is 1. The van der Waals surface area contributed by atoms with Crippen molar-refractivity contribution in [3.63, 3.8) is 0 Å². The topological polar surface area (TPSA) is 115 Å². The van der Waals surface area contributed by atoms with Crippen molar-refractivity contribution in [2.75, 3.05) is 5.32 Å². The molecule has 1 amide bonds. The summed E-state index contributed by atoms with van der Waals surface area (Å²) < 4.78 is 13.5. The molecule has 2 aromatic carbocycles. The Bertz CT molecular complexity index is 866. The van der Waals surface area contributed by atoms with E-state index in [1.165, 1.54) is 19.1 Å². The Hall–Kier alpha value is -3.36. The van der Waals surface area contributed by atoms with Crippen LogP contribution in [0.15, 0.2) is 30.3 Å². The third kappa shape index (κ3) is 3.35. The SMILES string of the molecule is Cc1ccc(NC(=O)c2cc([N+](=O)[O-])cc([N+](=O)[O-])c2C)cc1F. The zero-order valence-corrected chi connectivity index (χ0v) is 12.7. The number of amides is 1. The van der Waals surface area contributed by atoms with Crippen LogP contribution >= 0.6 is 0 Å². The molecule has 0 radical (unpaired) electrons. The van der Waals surface area contributed by atoms with Crippen molar-refractivity contribution < 1.29 is 19.0 Å². The largest absolute Gasteiger partial charge is 0.322 e. The highest BCUT2D eigenvalue weighted by molar-refractivity contribution is 6.06. The Balaban J connectivity index is 2.46. The first kappa shape index (κ1) is 17.0. The van der Waals surface area contributed by atoms with Gasteiger partial charge in [-0.15, -0.1) is 0 Å². The van der Waals surface area contributed by atoms with Crippen LogP contribution < -0.4 is 5.32 Å². The van der Waals surface area contributed by atoms with Crippen molar-refractivity contribution in [2.24, 2.45) is 0 Å². The van der Waals surface area contributed by atoms with E-state index in [4.69, 9.17) is 0 Å². The first-order chi connectivity index (χ1) is 11.2.